The molecule has 1 N–H and O–H groups in total. The maximum absolute atomic E-state index is 13.4. The number of likely N-dealkylation sites (tertiary alicyclic amines) is 1. The van der Waals surface area contributed by atoms with Crippen LogP contribution in [0.15, 0.2) is 18.2 Å². The van der Waals surface area contributed by atoms with Gasteiger partial charge in [-0.1, -0.05) is 0 Å². The Hall–Kier alpha value is -3.28. The zero-order chi connectivity index (χ0) is 24.6. The molecule has 2 amide bonds. The number of hydrogen-bond acceptors (Lipinski definition) is 7. The number of rotatable bonds is 3. The summed E-state index contributed by atoms with van der Waals surface area (Å²) in [6.45, 7) is 10.5. The van der Waals surface area contributed by atoms with Gasteiger partial charge in [-0.15, -0.1) is 0 Å². The zero-order valence-corrected chi connectivity index (χ0v) is 19.9. The van der Waals surface area contributed by atoms with E-state index in [9.17, 15) is 19.6 Å². The summed E-state index contributed by atoms with van der Waals surface area (Å²) in [7, 11) is 0. The largest absolute Gasteiger partial charge is 0.484 e. The van der Waals surface area contributed by atoms with Crippen LogP contribution in [0, 0.1) is 11.3 Å². The summed E-state index contributed by atoms with van der Waals surface area (Å²) >= 11 is 0. The molecule has 2 heterocycles. The van der Waals surface area contributed by atoms with Crippen LogP contribution in [-0.4, -0.2) is 52.8 Å². The van der Waals surface area contributed by atoms with Crippen molar-refractivity contribution in [1.29, 1.82) is 5.26 Å². The van der Waals surface area contributed by atoms with Crippen molar-refractivity contribution < 1.29 is 28.6 Å². The second-order valence-corrected chi connectivity index (χ2v) is 9.92. The Morgan fingerprint density at radius 3 is 2.58 bits per heavy atom. The molecule has 0 aromatic heterocycles. The monoisotopic (exact) mass is 457 g/mol. The second kappa shape index (κ2) is 8.93. The van der Waals surface area contributed by atoms with Crippen LogP contribution in [0.5, 0.6) is 5.75 Å². The van der Waals surface area contributed by atoms with Gasteiger partial charge in [0.15, 0.2) is 6.10 Å². The fourth-order valence-corrected chi connectivity index (χ4v) is 4.23. The molecular weight excluding hydrogens is 426 g/mol. The maximum Gasteiger partial charge on any atom is 0.410 e. The third-order valence-electron chi connectivity index (χ3n) is 5.61. The predicted octanol–water partition coefficient (Wildman–Crippen LogP) is 3.22. The molecule has 1 aromatic rings. The van der Waals surface area contributed by atoms with Crippen LogP contribution in [0.3, 0.4) is 0 Å². The Morgan fingerprint density at radius 2 is 1.97 bits per heavy atom. The number of amides is 2. The van der Waals surface area contributed by atoms with Crippen LogP contribution in [0.4, 0.5) is 4.79 Å². The lowest BCUT2D eigenvalue weighted by atomic mass is 9.85. The van der Waals surface area contributed by atoms with Crippen molar-refractivity contribution in [2.24, 2.45) is 0 Å². The van der Waals surface area contributed by atoms with E-state index in [1.54, 1.807) is 52.8 Å². The number of nitrogens with one attached hydrogen (secondary N) is 1. The molecule has 3 rings (SSSR count). The smallest absolute Gasteiger partial charge is 0.410 e. The molecule has 1 fully saturated rings. The average molecular weight is 458 g/mol. The molecule has 9 heteroatoms. The van der Waals surface area contributed by atoms with Crippen molar-refractivity contribution in [3.8, 4) is 11.8 Å². The first-order valence-corrected chi connectivity index (χ1v) is 11.0. The van der Waals surface area contributed by atoms with Gasteiger partial charge in [-0.2, -0.15) is 5.26 Å². The van der Waals surface area contributed by atoms with E-state index in [1.807, 2.05) is 0 Å². The summed E-state index contributed by atoms with van der Waals surface area (Å²) in [6.07, 6.45) is -0.243. The molecule has 9 nitrogen and oxygen atoms in total. The van der Waals surface area contributed by atoms with Crippen LogP contribution in [-0.2, 0) is 19.1 Å². The number of carbonyl (C=O) groups is 3. The number of fused-ring (bicyclic) bond motifs is 1. The molecule has 0 saturated carbocycles. The van der Waals surface area contributed by atoms with Gasteiger partial charge in [0, 0.05) is 19.0 Å². The first kappa shape index (κ1) is 24.4. The van der Waals surface area contributed by atoms with E-state index in [0.29, 0.717) is 36.3 Å². The summed E-state index contributed by atoms with van der Waals surface area (Å²) in [6, 6.07) is 5.51. The van der Waals surface area contributed by atoms with E-state index in [-0.39, 0.29) is 5.91 Å². The van der Waals surface area contributed by atoms with Gasteiger partial charge < -0.3 is 19.5 Å². The summed E-state index contributed by atoms with van der Waals surface area (Å²) in [4.78, 5) is 39.4. The van der Waals surface area contributed by atoms with Gasteiger partial charge in [-0.25, -0.2) is 4.79 Å². The molecule has 1 aromatic carbocycles. The van der Waals surface area contributed by atoms with Crippen LogP contribution in [0.25, 0.3) is 0 Å². The van der Waals surface area contributed by atoms with Crippen LogP contribution >= 0.6 is 0 Å². The third kappa shape index (κ3) is 5.38. The van der Waals surface area contributed by atoms with E-state index in [4.69, 9.17) is 14.2 Å². The van der Waals surface area contributed by atoms with E-state index in [0.717, 1.165) is 0 Å². The number of benzene rings is 1. The lowest BCUT2D eigenvalue weighted by Gasteiger charge is -2.44. The Morgan fingerprint density at radius 1 is 1.27 bits per heavy atom. The van der Waals surface area contributed by atoms with E-state index < -0.39 is 41.5 Å². The van der Waals surface area contributed by atoms with Crippen LogP contribution < -0.4 is 10.1 Å². The fourth-order valence-electron chi connectivity index (χ4n) is 4.23. The van der Waals surface area contributed by atoms with Gasteiger partial charge in [-0.3, -0.25) is 14.5 Å². The quantitative estimate of drug-likeness (QED) is 0.692. The minimum atomic E-state index is -0.953. The minimum absolute atomic E-state index is 0.383. The lowest BCUT2D eigenvalue weighted by molar-refractivity contribution is -0.164. The fraction of sp³-hybridized carbons (Fsp3) is 0.583. The highest BCUT2D eigenvalue weighted by Gasteiger charge is 2.48. The average Bonchev–Trinajstić information content (AvgIpc) is 3.18. The number of nitrogens with zero attached hydrogens (tertiary/aromatic N) is 2. The minimum Gasteiger partial charge on any atom is -0.484 e. The zero-order valence-electron chi connectivity index (χ0n) is 19.9. The van der Waals surface area contributed by atoms with Gasteiger partial charge in [0.05, 0.1) is 17.7 Å². The number of carbonyl (C=O) groups excluding carboxylic acids is 3. The molecule has 0 bridgehead atoms. The summed E-state index contributed by atoms with van der Waals surface area (Å²) in [5, 5.41) is 12.3. The molecule has 2 aliphatic rings. The van der Waals surface area contributed by atoms with Gasteiger partial charge in [0.2, 0.25) is 5.91 Å². The Bertz CT molecular complexity index is 991. The van der Waals surface area contributed by atoms with Crippen molar-refractivity contribution in [2.75, 3.05) is 6.54 Å². The van der Waals surface area contributed by atoms with Crippen molar-refractivity contribution >= 4 is 18.0 Å². The first-order valence-electron chi connectivity index (χ1n) is 11.0. The standard InChI is InChI=1S/C24H31N3O6/c1-14(28)31-20-19(16-12-15(13-25)9-10-18(16)32-24(20,5)6)26-21(29)17-8-7-11-27(17)22(30)33-23(2,3)4/h9-10,12,17,19-20H,7-8,11H2,1-6H3,(H,26,29)/t17-,19?,20?/m0/s1. The van der Waals surface area contributed by atoms with E-state index in [2.05, 4.69) is 11.4 Å². The molecule has 0 radical (unpaired) electrons. The molecule has 33 heavy (non-hydrogen) atoms. The number of hydrogen-bond donors (Lipinski definition) is 1. The van der Waals surface area contributed by atoms with Crippen molar-refractivity contribution in [2.45, 2.75) is 83.8 Å². The molecular formula is C24H31N3O6. The van der Waals surface area contributed by atoms with Crippen LogP contribution in [0.1, 0.15) is 71.6 Å². The number of ether oxygens (including phenoxy) is 3. The summed E-state index contributed by atoms with van der Waals surface area (Å²) in [5.41, 5.74) is -0.715. The van der Waals surface area contributed by atoms with Crippen molar-refractivity contribution in [1.82, 2.24) is 10.2 Å². The first-order chi connectivity index (χ1) is 15.3. The highest BCUT2D eigenvalue weighted by Crippen LogP contribution is 2.42. The van der Waals surface area contributed by atoms with Gasteiger partial charge in [-0.05, 0) is 65.7 Å². The van der Waals surface area contributed by atoms with Gasteiger partial charge in [0.25, 0.3) is 0 Å². The molecule has 2 unspecified atom stereocenters. The Labute approximate surface area is 194 Å². The highest BCUT2D eigenvalue weighted by molar-refractivity contribution is 5.87. The molecule has 2 aliphatic heterocycles. The third-order valence-corrected chi connectivity index (χ3v) is 5.61. The van der Waals surface area contributed by atoms with E-state index in [1.165, 1.54) is 11.8 Å². The van der Waals surface area contributed by atoms with E-state index >= 15 is 0 Å². The van der Waals surface area contributed by atoms with Crippen molar-refractivity contribution in [3.05, 3.63) is 29.3 Å². The molecule has 3 atom stereocenters. The molecule has 178 valence electrons. The Kier molecular flexibility index (Phi) is 6.59. The topological polar surface area (TPSA) is 118 Å². The summed E-state index contributed by atoms with van der Waals surface area (Å²) < 4.78 is 17.1. The Balaban J connectivity index is 1.93. The van der Waals surface area contributed by atoms with Gasteiger partial charge >= 0.3 is 12.1 Å². The molecule has 1 saturated heterocycles. The predicted molar refractivity (Wildman–Crippen MR) is 118 cm³/mol. The lowest BCUT2D eigenvalue weighted by Crippen LogP contribution is -2.57. The number of esters is 1. The van der Waals surface area contributed by atoms with Crippen LogP contribution in [0.2, 0.25) is 0 Å². The molecule has 0 aliphatic carbocycles. The SMILES string of the molecule is CC(=O)OC1C(NC(=O)[C@@H]2CCCN2C(=O)OC(C)(C)C)c2cc(C#N)ccc2OC1(C)C. The van der Waals surface area contributed by atoms with Gasteiger partial charge in [0.1, 0.15) is 23.0 Å². The molecule has 0 spiro atoms. The maximum atomic E-state index is 13.4. The second-order valence-electron chi connectivity index (χ2n) is 9.92. The number of nitriles is 1. The van der Waals surface area contributed by atoms with Crippen molar-refractivity contribution in [3.63, 3.8) is 0 Å². The summed E-state index contributed by atoms with van der Waals surface area (Å²) in [5.74, 6) is -0.415. The highest BCUT2D eigenvalue weighted by atomic mass is 16.6. The normalized spacial score (nSPS) is 23.5.